The zero-order valence-electron chi connectivity index (χ0n) is 17.1. The van der Waals surface area contributed by atoms with Crippen molar-refractivity contribution < 1.29 is 14.5 Å². The molecule has 1 amide bonds. The number of ether oxygens (including phenoxy) is 1. The fraction of sp³-hybridized carbons (Fsp3) is 0.409. The number of benzene rings is 2. The van der Waals surface area contributed by atoms with Crippen LogP contribution in [0.2, 0.25) is 0 Å². The average Bonchev–Trinajstić information content (AvgIpc) is 2.77. The molecule has 2 aromatic rings. The number of carbonyl (C=O) groups is 1. The fourth-order valence-electron chi connectivity index (χ4n) is 3.84. The van der Waals surface area contributed by atoms with E-state index in [-0.39, 0.29) is 28.5 Å². The Morgan fingerprint density at radius 3 is 2.38 bits per heavy atom. The third-order valence-corrected chi connectivity index (χ3v) is 5.79. The van der Waals surface area contributed by atoms with Crippen LogP contribution < -0.4 is 9.64 Å². The Hall–Kier alpha value is -3.09. The normalized spacial score (nSPS) is 15.6. The summed E-state index contributed by atoms with van der Waals surface area (Å²) in [6, 6.07) is 14.5. The first-order valence-electron chi connectivity index (χ1n) is 9.81. The van der Waals surface area contributed by atoms with Crippen molar-refractivity contribution in [3.05, 3.63) is 64.2 Å². The smallest absolute Gasteiger partial charge is 0.292 e. The number of amides is 1. The van der Waals surface area contributed by atoms with Crippen molar-refractivity contribution in [2.75, 3.05) is 32.1 Å². The van der Waals surface area contributed by atoms with E-state index in [0.717, 1.165) is 11.3 Å². The average molecular weight is 397 g/mol. The molecule has 3 rings (SSSR count). The zero-order chi connectivity index (χ0) is 21.0. The first-order valence-corrected chi connectivity index (χ1v) is 9.81. The molecule has 0 saturated carbocycles. The third kappa shape index (κ3) is 4.50. The minimum atomic E-state index is -0.350. The van der Waals surface area contributed by atoms with Gasteiger partial charge in [-0.15, -0.1) is 0 Å². The van der Waals surface area contributed by atoms with Crippen molar-refractivity contribution in [1.82, 2.24) is 4.90 Å². The molecule has 0 bridgehead atoms. The topological polar surface area (TPSA) is 75.9 Å². The van der Waals surface area contributed by atoms with Crippen LogP contribution in [0.3, 0.4) is 0 Å². The number of hydrogen-bond acceptors (Lipinski definition) is 5. The molecule has 0 spiro atoms. The van der Waals surface area contributed by atoms with Crippen LogP contribution >= 0.6 is 0 Å². The molecule has 1 atom stereocenters. The molecule has 29 heavy (non-hydrogen) atoms. The lowest BCUT2D eigenvalue weighted by atomic mass is 9.93. The lowest BCUT2D eigenvalue weighted by Gasteiger charge is -2.35. The van der Waals surface area contributed by atoms with Crippen LogP contribution in [-0.2, 0) is 4.79 Å². The highest BCUT2D eigenvalue weighted by molar-refractivity contribution is 5.79. The lowest BCUT2D eigenvalue weighted by Crippen LogP contribution is -2.42. The molecular weight excluding hydrogens is 370 g/mol. The molecular formula is C22H27N3O4. The van der Waals surface area contributed by atoms with Gasteiger partial charge < -0.3 is 14.5 Å². The van der Waals surface area contributed by atoms with Gasteiger partial charge in [-0.1, -0.05) is 24.3 Å². The Morgan fingerprint density at radius 1 is 1.17 bits per heavy atom. The number of methoxy groups -OCH3 is 1. The highest BCUT2D eigenvalue weighted by Gasteiger charge is 2.31. The Kier molecular flexibility index (Phi) is 6.36. The van der Waals surface area contributed by atoms with Crippen LogP contribution in [0, 0.1) is 16.0 Å². The van der Waals surface area contributed by atoms with Gasteiger partial charge in [0.1, 0.15) is 11.4 Å². The van der Waals surface area contributed by atoms with Crippen LogP contribution in [0.1, 0.15) is 31.4 Å². The van der Waals surface area contributed by atoms with Gasteiger partial charge in [-0.3, -0.25) is 14.9 Å². The predicted octanol–water partition coefficient (Wildman–Crippen LogP) is 4.04. The molecule has 7 nitrogen and oxygen atoms in total. The number of piperidine rings is 1. The van der Waals surface area contributed by atoms with Gasteiger partial charge in [-0.25, -0.2) is 0 Å². The van der Waals surface area contributed by atoms with E-state index in [0.29, 0.717) is 31.6 Å². The van der Waals surface area contributed by atoms with E-state index < -0.39 is 0 Å². The quantitative estimate of drug-likeness (QED) is 0.543. The molecule has 1 aliphatic heterocycles. The van der Waals surface area contributed by atoms with Crippen LogP contribution in [0.25, 0.3) is 0 Å². The van der Waals surface area contributed by atoms with Crippen molar-refractivity contribution >= 4 is 17.3 Å². The van der Waals surface area contributed by atoms with E-state index >= 15 is 0 Å². The highest BCUT2D eigenvalue weighted by atomic mass is 16.6. The monoisotopic (exact) mass is 397 g/mol. The maximum atomic E-state index is 13.0. The summed E-state index contributed by atoms with van der Waals surface area (Å²) in [5.74, 6) is 0.840. The van der Waals surface area contributed by atoms with Gasteiger partial charge in [-0.2, -0.15) is 0 Å². The lowest BCUT2D eigenvalue weighted by molar-refractivity contribution is -0.384. The van der Waals surface area contributed by atoms with Gasteiger partial charge in [0.25, 0.3) is 5.69 Å². The maximum absolute atomic E-state index is 13.0. The maximum Gasteiger partial charge on any atom is 0.292 e. The van der Waals surface area contributed by atoms with E-state index in [1.807, 2.05) is 49.2 Å². The number of hydrogen-bond donors (Lipinski definition) is 0. The van der Waals surface area contributed by atoms with E-state index in [9.17, 15) is 14.9 Å². The van der Waals surface area contributed by atoms with E-state index in [2.05, 4.69) is 0 Å². The number of nitro benzene ring substituents is 1. The minimum absolute atomic E-state index is 0.0401. The van der Waals surface area contributed by atoms with E-state index in [1.54, 1.807) is 24.1 Å². The molecule has 154 valence electrons. The molecule has 7 heteroatoms. The Labute approximate surface area is 171 Å². The molecule has 1 heterocycles. The van der Waals surface area contributed by atoms with Crippen LogP contribution in [-0.4, -0.2) is 43.0 Å². The second kappa shape index (κ2) is 8.94. The second-order valence-electron chi connectivity index (χ2n) is 7.41. The van der Waals surface area contributed by atoms with Crippen molar-refractivity contribution in [2.24, 2.45) is 5.92 Å². The number of anilines is 1. The number of carbonyl (C=O) groups excluding carboxylic acids is 1. The molecule has 1 fully saturated rings. The summed E-state index contributed by atoms with van der Waals surface area (Å²) in [7, 11) is 3.47. The number of nitrogens with zero attached hydrogens (tertiary/aromatic N) is 3. The molecule has 0 N–H and O–H groups in total. The van der Waals surface area contributed by atoms with Crippen LogP contribution in [0.15, 0.2) is 48.5 Å². The summed E-state index contributed by atoms with van der Waals surface area (Å²) in [5.41, 5.74) is 1.80. The second-order valence-corrected chi connectivity index (χ2v) is 7.41. The largest absolute Gasteiger partial charge is 0.497 e. The standard InChI is InChI=1S/C22H27N3O4/c1-16(17-8-10-19(29-3)11-9-17)23(2)22(26)18-12-14-24(15-13-18)20-6-4-5-7-21(20)25(27)28/h4-11,16,18H,12-15H2,1-3H3. The van der Waals surface area contributed by atoms with E-state index in [1.165, 1.54) is 6.07 Å². The summed E-state index contributed by atoms with van der Waals surface area (Å²) >= 11 is 0. The summed E-state index contributed by atoms with van der Waals surface area (Å²) in [4.78, 5) is 27.8. The van der Waals surface area contributed by atoms with Crippen molar-refractivity contribution in [1.29, 1.82) is 0 Å². The highest BCUT2D eigenvalue weighted by Crippen LogP contribution is 2.32. The molecule has 1 aliphatic rings. The van der Waals surface area contributed by atoms with Gasteiger partial charge in [0, 0.05) is 32.1 Å². The van der Waals surface area contributed by atoms with Crippen molar-refractivity contribution in [3.8, 4) is 5.75 Å². The van der Waals surface area contributed by atoms with Gasteiger partial charge in [0.15, 0.2) is 0 Å². The van der Waals surface area contributed by atoms with Gasteiger partial charge in [0.05, 0.1) is 18.1 Å². The summed E-state index contributed by atoms with van der Waals surface area (Å²) in [5, 5.41) is 11.3. The third-order valence-electron chi connectivity index (χ3n) is 5.79. The van der Waals surface area contributed by atoms with Gasteiger partial charge in [0.2, 0.25) is 5.91 Å². The Balaban J connectivity index is 1.62. The van der Waals surface area contributed by atoms with Crippen LogP contribution in [0.4, 0.5) is 11.4 Å². The number of para-hydroxylation sites is 2. The molecule has 1 saturated heterocycles. The van der Waals surface area contributed by atoms with Crippen LogP contribution in [0.5, 0.6) is 5.75 Å². The zero-order valence-corrected chi connectivity index (χ0v) is 17.1. The summed E-state index contributed by atoms with van der Waals surface area (Å²) in [6.07, 6.45) is 1.37. The molecule has 0 aliphatic carbocycles. The van der Waals surface area contributed by atoms with Crippen molar-refractivity contribution in [3.63, 3.8) is 0 Å². The summed E-state index contributed by atoms with van der Waals surface area (Å²) < 4.78 is 5.19. The predicted molar refractivity (Wildman–Crippen MR) is 112 cm³/mol. The van der Waals surface area contributed by atoms with E-state index in [4.69, 9.17) is 4.74 Å². The SMILES string of the molecule is COc1ccc(C(C)N(C)C(=O)C2CCN(c3ccccc3[N+](=O)[O-])CC2)cc1. The fourth-order valence-corrected chi connectivity index (χ4v) is 3.84. The molecule has 1 unspecified atom stereocenters. The number of nitro groups is 1. The molecule has 0 aromatic heterocycles. The first-order chi connectivity index (χ1) is 13.9. The Morgan fingerprint density at radius 2 is 1.79 bits per heavy atom. The molecule has 2 aromatic carbocycles. The molecule has 0 radical (unpaired) electrons. The van der Waals surface area contributed by atoms with Crippen molar-refractivity contribution in [2.45, 2.75) is 25.8 Å². The minimum Gasteiger partial charge on any atom is -0.497 e. The Bertz CT molecular complexity index is 861. The van der Waals surface area contributed by atoms with Gasteiger partial charge in [-0.05, 0) is 43.5 Å². The number of rotatable bonds is 6. The summed E-state index contributed by atoms with van der Waals surface area (Å²) in [6.45, 7) is 3.28. The first kappa shape index (κ1) is 20.6. The van der Waals surface area contributed by atoms with Gasteiger partial charge >= 0.3 is 0 Å².